The Morgan fingerprint density at radius 1 is 1.21 bits per heavy atom. The van der Waals surface area contributed by atoms with Gasteiger partial charge in [-0.25, -0.2) is 0 Å². The predicted molar refractivity (Wildman–Crippen MR) is 81.9 cm³/mol. The summed E-state index contributed by atoms with van der Waals surface area (Å²) in [5, 5.41) is 3.21. The molecule has 1 unspecified atom stereocenters. The second-order valence-electron chi connectivity index (χ2n) is 6.31. The molecule has 2 saturated carbocycles. The van der Waals surface area contributed by atoms with Crippen LogP contribution in [0.3, 0.4) is 0 Å². The van der Waals surface area contributed by atoms with Gasteiger partial charge in [0.2, 0.25) is 5.91 Å². The third-order valence-corrected chi connectivity index (χ3v) is 5.47. The largest absolute Gasteiger partial charge is 0.392 e. The van der Waals surface area contributed by atoms with E-state index >= 15 is 0 Å². The quantitative estimate of drug-likeness (QED) is 0.780. The van der Waals surface area contributed by atoms with Crippen LogP contribution in [0.4, 0.5) is 0 Å². The number of nitrogens with one attached hydrogen (secondary N) is 1. The molecule has 1 amide bonds. The van der Waals surface area contributed by atoms with E-state index in [1.165, 1.54) is 32.1 Å². The van der Waals surface area contributed by atoms with E-state index in [0.717, 1.165) is 25.7 Å². The summed E-state index contributed by atoms with van der Waals surface area (Å²) in [6, 6.07) is 0.253. The van der Waals surface area contributed by atoms with Gasteiger partial charge in [-0.2, -0.15) is 0 Å². The average Bonchev–Trinajstić information content (AvgIpc) is 2.93. The highest BCUT2D eigenvalue weighted by Crippen LogP contribution is 2.37. The van der Waals surface area contributed by atoms with Gasteiger partial charge in [-0.1, -0.05) is 44.3 Å². The molecule has 3 nitrogen and oxygen atoms in total. The van der Waals surface area contributed by atoms with Gasteiger partial charge < -0.3 is 11.1 Å². The fraction of sp³-hybridized carbons (Fsp3) is 0.867. The molecular weight excluding hydrogens is 256 g/mol. The maximum atomic E-state index is 12.7. The predicted octanol–water partition coefficient (Wildman–Crippen LogP) is 2.92. The molecule has 4 heteroatoms. The Labute approximate surface area is 121 Å². The zero-order valence-corrected chi connectivity index (χ0v) is 12.7. The molecule has 0 radical (unpaired) electrons. The molecule has 2 aliphatic rings. The molecule has 2 aliphatic carbocycles. The monoisotopic (exact) mass is 282 g/mol. The molecule has 0 spiro atoms. The molecule has 0 aromatic rings. The van der Waals surface area contributed by atoms with Crippen molar-refractivity contribution in [3.63, 3.8) is 0 Å². The number of nitrogens with two attached hydrogens (primary N) is 1. The minimum absolute atomic E-state index is 0.0825. The number of carbonyl (C=O) groups excluding carboxylic acids is 1. The highest BCUT2D eigenvalue weighted by Gasteiger charge is 2.43. The van der Waals surface area contributed by atoms with Crippen LogP contribution in [0.15, 0.2) is 0 Å². The van der Waals surface area contributed by atoms with Crippen LogP contribution in [0.5, 0.6) is 0 Å². The molecule has 2 fully saturated rings. The Morgan fingerprint density at radius 2 is 1.79 bits per heavy atom. The number of hydrogen-bond donors (Lipinski definition) is 2. The number of rotatable bonds is 4. The summed E-state index contributed by atoms with van der Waals surface area (Å²) in [5.74, 6) is 0.718. The van der Waals surface area contributed by atoms with Crippen LogP contribution < -0.4 is 11.1 Å². The molecule has 3 N–H and O–H groups in total. The van der Waals surface area contributed by atoms with Gasteiger partial charge in [0.25, 0.3) is 0 Å². The van der Waals surface area contributed by atoms with Crippen molar-refractivity contribution in [3.05, 3.63) is 0 Å². The Bertz CT molecular complexity index is 344. The van der Waals surface area contributed by atoms with Crippen molar-refractivity contribution in [3.8, 4) is 0 Å². The lowest BCUT2D eigenvalue weighted by Gasteiger charge is -2.36. The molecular formula is C15H26N2OS. The molecule has 0 aliphatic heterocycles. The van der Waals surface area contributed by atoms with Crippen LogP contribution in [0.25, 0.3) is 0 Å². The van der Waals surface area contributed by atoms with Crippen molar-refractivity contribution in [2.24, 2.45) is 17.1 Å². The number of carbonyl (C=O) groups is 1. The summed E-state index contributed by atoms with van der Waals surface area (Å²) >= 11 is 5.21. The smallest absolute Gasteiger partial charge is 0.233 e. The van der Waals surface area contributed by atoms with E-state index in [0.29, 0.717) is 10.9 Å². The first-order valence-electron chi connectivity index (χ1n) is 7.67. The van der Waals surface area contributed by atoms with E-state index in [9.17, 15) is 4.79 Å². The van der Waals surface area contributed by atoms with Gasteiger partial charge in [-0.15, -0.1) is 0 Å². The van der Waals surface area contributed by atoms with Gasteiger partial charge in [0.15, 0.2) is 0 Å². The fourth-order valence-electron chi connectivity index (χ4n) is 3.66. The van der Waals surface area contributed by atoms with Gasteiger partial charge in [-0.05, 0) is 38.5 Å². The topological polar surface area (TPSA) is 55.1 Å². The highest BCUT2D eigenvalue weighted by atomic mass is 32.1. The van der Waals surface area contributed by atoms with E-state index < -0.39 is 5.41 Å². The summed E-state index contributed by atoms with van der Waals surface area (Å²) in [6.07, 6.45) is 10.0. The minimum atomic E-state index is -0.569. The van der Waals surface area contributed by atoms with Crippen molar-refractivity contribution >= 4 is 23.1 Å². The van der Waals surface area contributed by atoms with E-state index in [1.807, 2.05) is 0 Å². The van der Waals surface area contributed by atoms with E-state index in [2.05, 4.69) is 12.2 Å². The summed E-state index contributed by atoms with van der Waals surface area (Å²) in [4.78, 5) is 13.0. The Kier molecular flexibility index (Phi) is 4.82. The van der Waals surface area contributed by atoms with Gasteiger partial charge in [0.1, 0.15) is 0 Å². The van der Waals surface area contributed by atoms with Gasteiger partial charge >= 0.3 is 0 Å². The summed E-state index contributed by atoms with van der Waals surface area (Å²) < 4.78 is 0. The zero-order valence-electron chi connectivity index (χ0n) is 11.9. The van der Waals surface area contributed by atoms with Crippen molar-refractivity contribution in [1.29, 1.82) is 0 Å². The molecule has 108 valence electrons. The van der Waals surface area contributed by atoms with E-state index in [1.54, 1.807) is 0 Å². The molecule has 0 heterocycles. The Balaban J connectivity index is 2.01. The number of amides is 1. The minimum Gasteiger partial charge on any atom is -0.392 e. The molecule has 2 rings (SSSR count). The normalized spacial score (nSPS) is 24.9. The van der Waals surface area contributed by atoms with Crippen LogP contribution in [0.2, 0.25) is 0 Å². The van der Waals surface area contributed by atoms with Crippen LogP contribution in [0.1, 0.15) is 64.7 Å². The number of thiocarbonyl (C=S) groups is 1. The van der Waals surface area contributed by atoms with Crippen LogP contribution in [0, 0.1) is 11.3 Å². The molecule has 1 atom stereocenters. The van der Waals surface area contributed by atoms with Crippen molar-refractivity contribution < 1.29 is 4.79 Å². The number of hydrogen-bond acceptors (Lipinski definition) is 2. The summed E-state index contributed by atoms with van der Waals surface area (Å²) in [7, 11) is 0. The van der Waals surface area contributed by atoms with Crippen molar-refractivity contribution in [2.75, 3.05) is 0 Å². The van der Waals surface area contributed by atoms with Gasteiger partial charge in [-0.3, -0.25) is 4.79 Å². The molecule has 0 aromatic carbocycles. The third kappa shape index (κ3) is 3.10. The Hall–Kier alpha value is -0.640. The fourth-order valence-corrected chi connectivity index (χ4v) is 3.96. The SMILES string of the molecule is CC(NC(=O)C1(C(N)=S)CCCCC1)C1CCCC1. The summed E-state index contributed by atoms with van der Waals surface area (Å²) in [5.41, 5.74) is 5.33. The average molecular weight is 282 g/mol. The highest BCUT2D eigenvalue weighted by molar-refractivity contribution is 7.80. The maximum absolute atomic E-state index is 12.7. The van der Waals surface area contributed by atoms with Crippen LogP contribution >= 0.6 is 12.2 Å². The molecule has 0 aromatic heterocycles. The first kappa shape index (κ1) is 14.8. The lowest BCUT2D eigenvalue weighted by molar-refractivity contribution is -0.129. The van der Waals surface area contributed by atoms with Crippen molar-refractivity contribution in [2.45, 2.75) is 70.8 Å². The first-order chi connectivity index (χ1) is 9.06. The third-order valence-electron chi connectivity index (χ3n) is 5.08. The zero-order chi connectivity index (χ0) is 13.9. The standard InChI is InChI=1S/C15H26N2OS/c1-11(12-7-3-4-8-12)17-14(18)15(13(16)19)9-5-2-6-10-15/h11-12H,2-10H2,1H3,(H2,16,19)(H,17,18). The maximum Gasteiger partial charge on any atom is 0.233 e. The first-order valence-corrected chi connectivity index (χ1v) is 8.08. The molecule has 0 bridgehead atoms. The Morgan fingerprint density at radius 3 is 2.32 bits per heavy atom. The summed E-state index contributed by atoms with van der Waals surface area (Å²) in [6.45, 7) is 2.13. The molecule has 19 heavy (non-hydrogen) atoms. The van der Waals surface area contributed by atoms with Crippen LogP contribution in [-0.2, 0) is 4.79 Å². The van der Waals surface area contributed by atoms with Crippen molar-refractivity contribution in [1.82, 2.24) is 5.32 Å². The second-order valence-corrected chi connectivity index (χ2v) is 6.75. The van der Waals surface area contributed by atoms with E-state index in [4.69, 9.17) is 18.0 Å². The lowest BCUT2D eigenvalue weighted by Crippen LogP contribution is -2.53. The van der Waals surface area contributed by atoms with E-state index in [-0.39, 0.29) is 11.9 Å². The lowest BCUT2D eigenvalue weighted by atomic mass is 9.73. The van der Waals surface area contributed by atoms with Crippen LogP contribution in [-0.4, -0.2) is 16.9 Å². The van der Waals surface area contributed by atoms with Gasteiger partial charge in [0.05, 0.1) is 10.4 Å². The van der Waals surface area contributed by atoms with Gasteiger partial charge in [0, 0.05) is 6.04 Å². The molecule has 0 saturated heterocycles. The second kappa shape index (κ2) is 6.21.